The number of hydrogen-bond donors (Lipinski definition) is 1. The van der Waals surface area contributed by atoms with Gasteiger partial charge in [-0.15, -0.1) is 23.4 Å². The molecule has 0 saturated heterocycles. The number of benzene rings is 1. The predicted octanol–water partition coefficient (Wildman–Crippen LogP) is 3.87. The van der Waals surface area contributed by atoms with Gasteiger partial charge < -0.3 is 5.32 Å². The summed E-state index contributed by atoms with van der Waals surface area (Å²) in [7, 11) is 0. The lowest BCUT2D eigenvalue weighted by atomic mass is 9.97. The van der Waals surface area contributed by atoms with Crippen molar-refractivity contribution in [3.8, 4) is 0 Å². The number of fused-ring (bicyclic) bond motifs is 1. The van der Waals surface area contributed by atoms with Crippen molar-refractivity contribution < 1.29 is 0 Å². The molecule has 1 aliphatic heterocycles. The van der Waals surface area contributed by atoms with Gasteiger partial charge in [0.15, 0.2) is 0 Å². The van der Waals surface area contributed by atoms with Crippen LogP contribution in [0.3, 0.4) is 0 Å². The summed E-state index contributed by atoms with van der Waals surface area (Å²) in [6, 6.07) is 8.74. The second-order valence-corrected chi connectivity index (χ2v) is 6.30. The smallest absolute Gasteiger partial charge is 0.0403 e. The van der Waals surface area contributed by atoms with Crippen LogP contribution in [0.5, 0.6) is 0 Å². The molecule has 1 N–H and O–H groups in total. The summed E-state index contributed by atoms with van der Waals surface area (Å²) in [6.07, 6.45) is 1.07. The van der Waals surface area contributed by atoms with Crippen LogP contribution in [0.15, 0.2) is 29.2 Å². The van der Waals surface area contributed by atoms with Gasteiger partial charge in [-0.05, 0) is 25.0 Å². The molecule has 2 unspecified atom stereocenters. The molecule has 1 aromatic rings. The first-order valence-electron chi connectivity index (χ1n) is 6.21. The molecule has 1 nitrogen and oxygen atoms in total. The van der Waals surface area contributed by atoms with Gasteiger partial charge in [-0.3, -0.25) is 0 Å². The summed E-state index contributed by atoms with van der Waals surface area (Å²) in [5, 5.41) is 3.63. The topological polar surface area (TPSA) is 12.0 Å². The van der Waals surface area contributed by atoms with Gasteiger partial charge in [0.1, 0.15) is 0 Å². The van der Waals surface area contributed by atoms with E-state index in [1.165, 1.54) is 16.2 Å². The largest absolute Gasteiger partial charge is 0.310 e. The highest BCUT2D eigenvalue weighted by Crippen LogP contribution is 2.39. The van der Waals surface area contributed by atoms with Crippen molar-refractivity contribution >= 4 is 23.4 Å². The summed E-state index contributed by atoms with van der Waals surface area (Å²) in [4.78, 5) is 1.45. The first-order valence-corrected chi connectivity index (χ1v) is 7.73. The van der Waals surface area contributed by atoms with Crippen LogP contribution in [-0.4, -0.2) is 23.7 Å². The Kier molecular flexibility index (Phi) is 4.40. The summed E-state index contributed by atoms with van der Waals surface area (Å²) >= 11 is 8.00. The molecule has 1 heterocycles. The molecule has 1 aromatic carbocycles. The fraction of sp³-hybridized carbons (Fsp3) is 0.571. The van der Waals surface area contributed by atoms with Crippen LogP contribution in [0.2, 0.25) is 0 Å². The van der Waals surface area contributed by atoms with Gasteiger partial charge in [0.05, 0.1) is 0 Å². The van der Waals surface area contributed by atoms with E-state index in [4.69, 9.17) is 11.6 Å². The molecule has 0 saturated carbocycles. The van der Waals surface area contributed by atoms with Crippen molar-refractivity contribution in [1.29, 1.82) is 0 Å². The highest BCUT2D eigenvalue weighted by molar-refractivity contribution is 7.99. The molecule has 0 bridgehead atoms. The molecule has 1 aliphatic rings. The lowest BCUT2D eigenvalue weighted by Gasteiger charge is -2.29. The standard InChI is InChI=1S/C14H20ClNS/c1-3-14(2,10-15)16-8-11-9-17-13-7-5-4-6-12(11)13/h4-7,11,16H,3,8-10H2,1-2H3. The van der Waals surface area contributed by atoms with E-state index in [0.717, 1.165) is 13.0 Å². The van der Waals surface area contributed by atoms with Gasteiger partial charge in [-0.25, -0.2) is 0 Å². The minimum atomic E-state index is 0.0732. The normalized spacial score (nSPS) is 22.2. The molecule has 3 heteroatoms. The SMILES string of the molecule is CCC(C)(CCl)NCC1CSc2ccccc21. The van der Waals surface area contributed by atoms with E-state index in [0.29, 0.717) is 11.8 Å². The monoisotopic (exact) mass is 269 g/mol. The van der Waals surface area contributed by atoms with Gasteiger partial charge >= 0.3 is 0 Å². The highest BCUT2D eigenvalue weighted by Gasteiger charge is 2.26. The van der Waals surface area contributed by atoms with Crippen molar-refractivity contribution in [2.75, 3.05) is 18.2 Å². The van der Waals surface area contributed by atoms with Crippen molar-refractivity contribution in [2.24, 2.45) is 0 Å². The lowest BCUT2D eigenvalue weighted by molar-refractivity contribution is 0.373. The minimum absolute atomic E-state index is 0.0732. The Balaban J connectivity index is 1.98. The van der Waals surface area contributed by atoms with E-state index >= 15 is 0 Å². The molecule has 17 heavy (non-hydrogen) atoms. The number of halogens is 1. The molecule has 0 radical (unpaired) electrons. The molecule has 2 rings (SSSR count). The first kappa shape index (κ1) is 13.3. The third-order valence-corrected chi connectivity index (χ3v) is 5.49. The number of nitrogens with one attached hydrogen (secondary N) is 1. The number of thioether (sulfide) groups is 1. The molecule has 94 valence electrons. The zero-order chi connectivity index (χ0) is 12.3. The quantitative estimate of drug-likeness (QED) is 0.815. The minimum Gasteiger partial charge on any atom is -0.310 e. The van der Waals surface area contributed by atoms with Crippen molar-refractivity contribution in [1.82, 2.24) is 5.32 Å². The van der Waals surface area contributed by atoms with Gasteiger partial charge in [-0.2, -0.15) is 0 Å². The Morgan fingerprint density at radius 2 is 2.24 bits per heavy atom. The average molecular weight is 270 g/mol. The summed E-state index contributed by atoms with van der Waals surface area (Å²) < 4.78 is 0. The lowest BCUT2D eigenvalue weighted by Crippen LogP contribution is -2.45. The third-order valence-electron chi connectivity index (χ3n) is 3.65. The Labute approximate surface area is 113 Å². The fourth-order valence-electron chi connectivity index (χ4n) is 2.03. The van der Waals surface area contributed by atoms with Crippen LogP contribution in [-0.2, 0) is 0 Å². The maximum Gasteiger partial charge on any atom is 0.0403 e. The van der Waals surface area contributed by atoms with Gasteiger partial charge in [0, 0.05) is 34.5 Å². The Bertz CT molecular complexity index is 376. The van der Waals surface area contributed by atoms with Crippen LogP contribution in [0.1, 0.15) is 31.7 Å². The number of hydrogen-bond acceptors (Lipinski definition) is 2. The summed E-state index contributed by atoms with van der Waals surface area (Å²) in [5.74, 6) is 2.49. The van der Waals surface area contributed by atoms with Crippen LogP contribution in [0.4, 0.5) is 0 Å². The maximum absolute atomic E-state index is 6.03. The molecular weight excluding hydrogens is 250 g/mol. The van der Waals surface area contributed by atoms with E-state index in [1.54, 1.807) is 0 Å². The number of alkyl halides is 1. The summed E-state index contributed by atoms with van der Waals surface area (Å²) in [5.41, 5.74) is 1.57. The van der Waals surface area contributed by atoms with Crippen molar-refractivity contribution in [2.45, 2.75) is 36.6 Å². The van der Waals surface area contributed by atoms with Crippen LogP contribution >= 0.6 is 23.4 Å². The Morgan fingerprint density at radius 1 is 1.47 bits per heavy atom. The van der Waals surface area contributed by atoms with E-state index in [-0.39, 0.29) is 5.54 Å². The van der Waals surface area contributed by atoms with Crippen LogP contribution in [0, 0.1) is 0 Å². The molecule has 2 atom stereocenters. The van der Waals surface area contributed by atoms with Crippen molar-refractivity contribution in [3.63, 3.8) is 0 Å². The van der Waals surface area contributed by atoms with E-state index in [1.807, 2.05) is 11.8 Å². The molecule has 0 aromatic heterocycles. The second kappa shape index (κ2) is 5.64. The first-order chi connectivity index (χ1) is 8.18. The van der Waals surface area contributed by atoms with Gasteiger partial charge in [-0.1, -0.05) is 25.1 Å². The molecule has 0 fully saturated rings. The van der Waals surface area contributed by atoms with Crippen LogP contribution in [0.25, 0.3) is 0 Å². The third kappa shape index (κ3) is 2.98. The Morgan fingerprint density at radius 3 is 2.94 bits per heavy atom. The second-order valence-electron chi connectivity index (χ2n) is 4.97. The summed E-state index contributed by atoms with van der Waals surface area (Å²) in [6.45, 7) is 5.42. The maximum atomic E-state index is 6.03. The zero-order valence-electron chi connectivity index (χ0n) is 10.5. The molecule has 0 amide bonds. The predicted molar refractivity (Wildman–Crippen MR) is 77.3 cm³/mol. The zero-order valence-corrected chi connectivity index (χ0v) is 12.1. The van der Waals surface area contributed by atoms with E-state index < -0.39 is 0 Å². The van der Waals surface area contributed by atoms with Gasteiger partial charge in [0.25, 0.3) is 0 Å². The molecule has 0 aliphatic carbocycles. The average Bonchev–Trinajstić information content (AvgIpc) is 2.79. The van der Waals surface area contributed by atoms with Crippen LogP contribution < -0.4 is 5.32 Å². The number of rotatable bonds is 5. The molecule has 0 spiro atoms. The van der Waals surface area contributed by atoms with Gasteiger partial charge in [0.2, 0.25) is 0 Å². The molecular formula is C14H20ClNS. The Hall–Kier alpha value is -0.180. The van der Waals surface area contributed by atoms with Crippen molar-refractivity contribution in [3.05, 3.63) is 29.8 Å². The fourth-order valence-corrected chi connectivity index (χ4v) is 3.57. The van der Waals surface area contributed by atoms with E-state index in [9.17, 15) is 0 Å². The highest BCUT2D eigenvalue weighted by atomic mass is 35.5. The van der Waals surface area contributed by atoms with E-state index in [2.05, 4.69) is 43.4 Å².